The van der Waals surface area contributed by atoms with Crippen LogP contribution in [0.1, 0.15) is 19.3 Å². The van der Waals surface area contributed by atoms with Crippen LogP contribution in [-0.4, -0.2) is 31.5 Å². The lowest BCUT2D eigenvalue weighted by Gasteiger charge is -2.23. The summed E-state index contributed by atoms with van der Waals surface area (Å²) in [6, 6.07) is 5.72. The maximum absolute atomic E-state index is 12.5. The molecule has 0 radical (unpaired) electrons. The fraction of sp³-hybridized carbons (Fsp3) is 0.571. The third-order valence-electron chi connectivity index (χ3n) is 3.73. The number of hydrogen-bond acceptors (Lipinski definition) is 3. The lowest BCUT2D eigenvalue weighted by molar-refractivity contribution is -0.274. The second kappa shape index (κ2) is 5.68. The summed E-state index contributed by atoms with van der Waals surface area (Å²) in [5, 5.41) is 3.52. The molecule has 2 aliphatic rings. The van der Waals surface area contributed by atoms with Gasteiger partial charge >= 0.3 is 6.36 Å². The van der Waals surface area contributed by atoms with Crippen LogP contribution in [-0.2, 0) is 0 Å². The van der Waals surface area contributed by atoms with Crippen LogP contribution in [0.25, 0.3) is 0 Å². The average Bonchev–Trinajstić information content (AvgIpc) is 3.05. The Kier molecular flexibility index (Phi) is 4.05. The van der Waals surface area contributed by atoms with E-state index in [2.05, 4.69) is 26.0 Å². The molecule has 1 aromatic rings. The highest BCUT2D eigenvalue weighted by Crippen LogP contribution is 2.37. The van der Waals surface area contributed by atoms with E-state index in [0.29, 0.717) is 28.8 Å². The third kappa shape index (κ3) is 4.03. The van der Waals surface area contributed by atoms with E-state index in [4.69, 9.17) is 0 Å². The monoisotopic (exact) mass is 364 g/mol. The summed E-state index contributed by atoms with van der Waals surface area (Å²) in [6.45, 7) is 1.45. The van der Waals surface area contributed by atoms with Crippen LogP contribution in [0.5, 0.6) is 5.75 Å². The van der Waals surface area contributed by atoms with Crippen molar-refractivity contribution in [3.63, 3.8) is 0 Å². The maximum atomic E-state index is 12.5. The van der Waals surface area contributed by atoms with E-state index in [-0.39, 0.29) is 5.75 Å². The predicted molar refractivity (Wildman–Crippen MR) is 77.6 cm³/mol. The van der Waals surface area contributed by atoms with E-state index < -0.39 is 6.36 Å². The van der Waals surface area contributed by atoms with Crippen molar-refractivity contribution >= 4 is 21.6 Å². The Balaban J connectivity index is 1.74. The smallest absolute Gasteiger partial charge is 0.404 e. The molecule has 1 saturated heterocycles. The largest absolute Gasteiger partial charge is 0.573 e. The highest BCUT2D eigenvalue weighted by Gasteiger charge is 2.34. The Morgan fingerprint density at radius 2 is 1.95 bits per heavy atom. The minimum Gasteiger partial charge on any atom is -0.404 e. The molecule has 3 nitrogen and oxygen atoms in total. The van der Waals surface area contributed by atoms with Crippen LogP contribution < -0.4 is 15.0 Å². The summed E-state index contributed by atoms with van der Waals surface area (Å²) in [5.41, 5.74) is 0.496. The maximum Gasteiger partial charge on any atom is 0.573 e. The van der Waals surface area contributed by atoms with Gasteiger partial charge in [-0.25, -0.2) is 0 Å². The molecule has 1 heterocycles. The lowest BCUT2D eigenvalue weighted by atomic mass is 10.2. The minimum atomic E-state index is -4.68. The fourth-order valence-electron chi connectivity index (χ4n) is 2.65. The first-order valence-corrected chi connectivity index (χ1v) is 7.76. The van der Waals surface area contributed by atoms with Crippen molar-refractivity contribution < 1.29 is 17.9 Å². The highest BCUT2D eigenvalue weighted by atomic mass is 79.9. The van der Waals surface area contributed by atoms with Gasteiger partial charge in [-0.3, -0.25) is 0 Å². The quantitative estimate of drug-likeness (QED) is 0.881. The second-order valence-electron chi connectivity index (χ2n) is 5.53. The van der Waals surface area contributed by atoms with Crippen LogP contribution in [0.3, 0.4) is 0 Å². The summed E-state index contributed by atoms with van der Waals surface area (Å²) < 4.78 is 42.3. The van der Waals surface area contributed by atoms with Crippen LogP contribution in [0.4, 0.5) is 18.9 Å². The Morgan fingerprint density at radius 1 is 1.19 bits per heavy atom. The lowest BCUT2D eigenvalue weighted by Crippen LogP contribution is -2.34. The van der Waals surface area contributed by atoms with Crippen molar-refractivity contribution in [2.24, 2.45) is 0 Å². The summed E-state index contributed by atoms with van der Waals surface area (Å²) >= 11 is 3.19. The Bertz CT molecular complexity index is 519. The molecule has 1 unspecified atom stereocenters. The van der Waals surface area contributed by atoms with Crippen molar-refractivity contribution in [2.45, 2.75) is 37.7 Å². The SMILES string of the molecule is FC(F)(F)Oc1cc(Br)ccc1N1CCC(NC2CC2)C1. The van der Waals surface area contributed by atoms with Gasteiger partial charge in [-0.2, -0.15) is 0 Å². The molecule has 0 amide bonds. The molecular formula is C14H16BrF3N2O. The molecule has 0 spiro atoms. The molecular weight excluding hydrogens is 349 g/mol. The van der Waals surface area contributed by atoms with Crippen LogP contribution in [0.2, 0.25) is 0 Å². The minimum absolute atomic E-state index is 0.149. The number of halogens is 4. The summed E-state index contributed by atoms with van der Waals surface area (Å²) in [5.74, 6) is -0.149. The Labute approximate surface area is 129 Å². The van der Waals surface area contributed by atoms with E-state index >= 15 is 0 Å². The molecule has 0 bridgehead atoms. The topological polar surface area (TPSA) is 24.5 Å². The van der Waals surface area contributed by atoms with E-state index in [1.165, 1.54) is 18.9 Å². The number of nitrogens with one attached hydrogen (secondary N) is 1. The molecule has 1 aliphatic carbocycles. The average molecular weight is 365 g/mol. The molecule has 1 N–H and O–H groups in total. The Hall–Kier alpha value is -0.950. The molecule has 1 aliphatic heterocycles. The second-order valence-corrected chi connectivity index (χ2v) is 6.45. The first-order valence-electron chi connectivity index (χ1n) is 6.97. The normalized spacial score (nSPS) is 22.7. The summed E-state index contributed by atoms with van der Waals surface area (Å²) in [7, 11) is 0. The number of hydrogen-bond donors (Lipinski definition) is 1. The van der Waals surface area contributed by atoms with Crippen molar-refractivity contribution in [1.29, 1.82) is 0 Å². The van der Waals surface area contributed by atoms with Gasteiger partial charge < -0.3 is 15.0 Å². The van der Waals surface area contributed by atoms with Gasteiger partial charge in [0.1, 0.15) is 0 Å². The zero-order valence-corrected chi connectivity index (χ0v) is 12.9. The molecule has 116 valence electrons. The standard InChI is InChI=1S/C14H16BrF3N2O/c15-9-1-4-12(13(7-9)21-14(16,17)18)20-6-5-11(8-20)19-10-2-3-10/h1,4,7,10-11,19H,2-3,5-6,8H2. The number of ether oxygens (including phenoxy) is 1. The van der Waals surface area contributed by atoms with Gasteiger partial charge in [0.15, 0.2) is 5.75 Å². The van der Waals surface area contributed by atoms with Crippen molar-refractivity contribution in [1.82, 2.24) is 5.32 Å². The number of alkyl halides is 3. The van der Waals surface area contributed by atoms with Gasteiger partial charge in [-0.1, -0.05) is 15.9 Å². The zero-order chi connectivity index (χ0) is 15.0. The van der Waals surface area contributed by atoms with Crippen molar-refractivity contribution in [3.05, 3.63) is 22.7 Å². The Morgan fingerprint density at radius 3 is 2.62 bits per heavy atom. The van der Waals surface area contributed by atoms with Crippen LogP contribution in [0.15, 0.2) is 22.7 Å². The van der Waals surface area contributed by atoms with Gasteiger partial charge in [0.2, 0.25) is 0 Å². The predicted octanol–water partition coefficient (Wildman–Crippen LogP) is 3.68. The van der Waals surface area contributed by atoms with E-state index in [1.54, 1.807) is 12.1 Å². The summed E-state index contributed by atoms with van der Waals surface area (Å²) in [6.07, 6.45) is -1.33. The van der Waals surface area contributed by atoms with Crippen molar-refractivity contribution in [2.75, 3.05) is 18.0 Å². The van der Waals surface area contributed by atoms with Crippen LogP contribution in [0, 0.1) is 0 Å². The zero-order valence-electron chi connectivity index (χ0n) is 11.3. The van der Waals surface area contributed by atoms with E-state index in [0.717, 1.165) is 13.0 Å². The van der Waals surface area contributed by atoms with Gasteiger partial charge in [0.05, 0.1) is 5.69 Å². The summed E-state index contributed by atoms with van der Waals surface area (Å²) in [4.78, 5) is 1.95. The van der Waals surface area contributed by atoms with Gasteiger partial charge in [0.25, 0.3) is 0 Å². The molecule has 3 rings (SSSR count). The van der Waals surface area contributed by atoms with E-state index in [9.17, 15) is 13.2 Å². The first kappa shape index (κ1) is 15.0. The van der Waals surface area contributed by atoms with Crippen LogP contribution >= 0.6 is 15.9 Å². The number of anilines is 1. The van der Waals surface area contributed by atoms with Crippen molar-refractivity contribution in [3.8, 4) is 5.75 Å². The van der Waals surface area contributed by atoms with E-state index in [1.807, 2.05) is 4.90 Å². The first-order chi connectivity index (χ1) is 9.90. The highest BCUT2D eigenvalue weighted by molar-refractivity contribution is 9.10. The number of nitrogens with zero attached hydrogens (tertiary/aromatic N) is 1. The van der Waals surface area contributed by atoms with Gasteiger partial charge in [-0.15, -0.1) is 13.2 Å². The molecule has 21 heavy (non-hydrogen) atoms. The number of rotatable bonds is 4. The molecule has 1 atom stereocenters. The molecule has 0 aromatic heterocycles. The third-order valence-corrected chi connectivity index (χ3v) is 4.22. The van der Waals surface area contributed by atoms with Gasteiger partial charge in [-0.05, 0) is 37.5 Å². The molecule has 1 aromatic carbocycles. The van der Waals surface area contributed by atoms with Gasteiger partial charge in [0, 0.05) is 29.6 Å². The molecule has 2 fully saturated rings. The fourth-order valence-corrected chi connectivity index (χ4v) is 2.99. The molecule has 7 heteroatoms. The molecule has 1 saturated carbocycles. The number of benzene rings is 1.